The van der Waals surface area contributed by atoms with E-state index in [2.05, 4.69) is 4.98 Å². The lowest BCUT2D eigenvalue weighted by Crippen LogP contribution is -2.55. The zero-order chi connectivity index (χ0) is 21.7. The first kappa shape index (κ1) is 21.7. The number of hydrogen-bond donors (Lipinski definition) is 0. The Hall–Kier alpha value is -3.01. The summed E-state index contributed by atoms with van der Waals surface area (Å²) < 4.78 is 27.2. The molecule has 3 rings (SSSR count). The number of furan rings is 1. The molecule has 1 saturated heterocycles. The van der Waals surface area contributed by atoms with Crippen molar-refractivity contribution < 1.29 is 37.7 Å². The van der Waals surface area contributed by atoms with Gasteiger partial charge in [-0.15, -0.1) is 11.8 Å². The number of hydrogen-bond acceptors (Lipinski definition) is 10. The van der Waals surface area contributed by atoms with Crippen LogP contribution in [0.2, 0.25) is 0 Å². The van der Waals surface area contributed by atoms with Crippen molar-refractivity contribution in [3.8, 4) is 16.9 Å². The Kier molecular flexibility index (Phi) is 6.99. The molecule has 2 aromatic heterocycles. The van der Waals surface area contributed by atoms with Crippen LogP contribution >= 0.6 is 11.8 Å². The highest BCUT2D eigenvalue weighted by Gasteiger charge is 2.47. The lowest BCUT2D eigenvalue weighted by Gasteiger charge is -2.39. The molecule has 3 heterocycles. The maximum atomic E-state index is 11.7. The number of ether oxygens (including phenoxy) is 4. The van der Waals surface area contributed by atoms with Crippen LogP contribution in [0.15, 0.2) is 41.5 Å². The van der Waals surface area contributed by atoms with Crippen molar-refractivity contribution in [1.29, 1.82) is 0 Å². The van der Waals surface area contributed by atoms with Crippen molar-refractivity contribution in [2.75, 3.05) is 5.75 Å². The first-order valence-corrected chi connectivity index (χ1v) is 10.2. The third-order valence-corrected chi connectivity index (χ3v) is 5.34. The van der Waals surface area contributed by atoms with E-state index >= 15 is 0 Å². The molecule has 0 amide bonds. The largest absolute Gasteiger partial charge is 0.474 e. The lowest BCUT2D eigenvalue weighted by atomic mass is 10.1. The Bertz CT molecular complexity index is 900. The maximum absolute atomic E-state index is 11.7. The van der Waals surface area contributed by atoms with E-state index in [1.807, 2.05) is 0 Å². The summed E-state index contributed by atoms with van der Waals surface area (Å²) in [7, 11) is 0. The second-order valence-electron chi connectivity index (χ2n) is 6.54. The summed E-state index contributed by atoms with van der Waals surface area (Å²) >= 11 is 1.28. The number of nitrogens with zero attached hydrogens (tertiary/aromatic N) is 1. The zero-order valence-electron chi connectivity index (χ0n) is 16.6. The Morgan fingerprint density at radius 2 is 1.70 bits per heavy atom. The van der Waals surface area contributed by atoms with Gasteiger partial charge in [0.15, 0.2) is 23.7 Å². The van der Waals surface area contributed by atoms with Crippen molar-refractivity contribution in [3.63, 3.8) is 0 Å². The highest BCUT2D eigenvalue weighted by molar-refractivity contribution is 7.99. The molecule has 160 valence electrons. The number of pyridine rings is 1. The molecular weight excluding hydrogens is 414 g/mol. The van der Waals surface area contributed by atoms with Gasteiger partial charge < -0.3 is 23.4 Å². The molecule has 9 nitrogen and oxygen atoms in total. The number of carbonyl (C=O) groups excluding carboxylic acids is 3. The molecule has 0 saturated carbocycles. The minimum atomic E-state index is -1.01. The smallest absolute Gasteiger partial charge is 0.303 e. The van der Waals surface area contributed by atoms with Crippen LogP contribution in [0, 0.1) is 0 Å². The van der Waals surface area contributed by atoms with Crippen LogP contribution in [-0.4, -0.2) is 52.4 Å². The number of aromatic nitrogens is 1. The molecule has 1 unspecified atom stereocenters. The maximum Gasteiger partial charge on any atom is 0.303 e. The molecule has 0 bridgehead atoms. The van der Waals surface area contributed by atoms with Crippen LogP contribution in [0.5, 0.6) is 5.75 Å². The number of rotatable bonds is 6. The molecule has 0 aromatic carbocycles. The van der Waals surface area contributed by atoms with Crippen molar-refractivity contribution >= 4 is 29.7 Å². The van der Waals surface area contributed by atoms with Gasteiger partial charge in [0.25, 0.3) is 0 Å². The van der Waals surface area contributed by atoms with Crippen molar-refractivity contribution in [2.24, 2.45) is 0 Å². The quantitative estimate of drug-likeness (QED) is 0.495. The lowest BCUT2D eigenvalue weighted by molar-refractivity contribution is -0.186. The highest BCUT2D eigenvalue weighted by atomic mass is 32.2. The topological polar surface area (TPSA) is 114 Å². The fourth-order valence-electron chi connectivity index (χ4n) is 3.01. The second kappa shape index (κ2) is 9.66. The zero-order valence-corrected chi connectivity index (χ0v) is 17.4. The molecule has 0 aliphatic carbocycles. The van der Waals surface area contributed by atoms with E-state index in [4.69, 9.17) is 23.4 Å². The van der Waals surface area contributed by atoms with Gasteiger partial charge >= 0.3 is 17.9 Å². The van der Waals surface area contributed by atoms with E-state index in [-0.39, 0.29) is 5.75 Å². The number of esters is 3. The first-order valence-electron chi connectivity index (χ1n) is 9.11. The molecule has 0 N–H and O–H groups in total. The van der Waals surface area contributed by atoms with Gasteiger partial charge in [-0.05, 0) is 12.1 Å². The van der Waals surface area contributed by atoms with Crippen molar-refractivity contribution in [2.45, 2.75) is 44.5 Å². The van der Waals surface area contributed by atoms with Crippen molar-refractivity contribution in [1.82, 2.24) is 4.98 Å². The molecule has 30 heavy (non-hydrogen) atoms. The van der Waals surface area contributed by atoms with E-state index in [0.29, 0.717) is 5.75 Å². The Morgan fingerprint density at radius 1 is 1.00 bits per heavy atom. The summed E-state index contributed by atoms with van der Waals surface area (Å²) in [4.78, 5) is 39.0. The predicted molar refractivity (Wildman–Crippen MR) is 105 cm³/mol. The van der Waals surface area contributed by atoms with E-state index in [0.717, 1.165) is 11.1 Å². The van der Waals surface area contributed by atoms with Gasteiger partial charge in [-0.2, -0.15) is 0 Å². The Labute approximate surface area is 177 Å². The van der Waals surface area contributed by atoms with Crippen LogP contribution < -0.4 is 4.74 Å². The Morgan fingerprint density at radius 3 is 2.33 bits per heavy atom. The third kappa shape index (κ3) is 5.53. The second-order valence-corrected chi connectivity index (χ2v) is 7.67. The average Bonchev–Trinajstić information content (AvgIpc) is 3.20. The molecule has 4 atom stereocenters. The van der Waals surface area contributed by atoms with Gasteiger partial charge in [0, 0.05) is 43.8 Å². The summed E-state index contributed by atoms with van der Waals surface area (Å²) in [5.74, 6) is -0.996. The minimum Gasteiger partial charge on any atom is -0.474 e. The van der Waals surface area contributed by atoms with Crippen LogP contribution in [0.1, 0.15) is 20.8 Å². The molecule has 1 aliphatic heterocycles. The van der Waals surface area contributed by atoms with Gasteiger partial charge in [-0.25, -0.2) is 0 Å². The molecule has 10 heteroatoms. The SMILES string of the molecule is CC(=O)O[C@H]1[C@H](OC(C)=O)CSC(Oc2cncc(-c3ccoc3)c2)[C@@H]1OC(C)=O. The number of carbonyl (C=O) groups is 3. The summed E-state index contributed by atoms with van der Waals surface area (Å²) in [6.07, 6.45) is 3.53. The van der Waals surface area contributed by atoms with Crippen LogP contribution in [-0.2, 0) is 28.6 Å². The fourth-order valence-corrected chi connectivity index (χ4v) is 4.23. The van der Waals surface area contributed by atoms with Gasteiger partial charge in [-0.3, -0.25) is 19.4 Å². The van der Waals surface area contributed by atoms with E-state index in [9.17, 15) is 14.4 Å². The summed E-state index contributed by atoms with van der Waals surface area (Å²) in [5.41, 5.74) is 0.889. The summed E-state index contributed by atoms with van der Waals surface area (Å²) in [5, 5.41) is 0. The third-order valence-electron chi connectivity index (χ3n) is 4.12. The Balaban J connectivity index is 1.85. The summed E-state index contributed by atoms with van der Waals surface area (Å²) in [6, 6.07) is 3.56. The van der Waals surface area contributed by atoms with Crippen LogP contribution in [0.4, 0.5) is 0 Å². The normalized spacial score (nSPS) is 23.3. The highest BCUT2D eigenvalue weighted by Crippen LogP contribution is 2.35. The van der Waals surface area contributed by atoms with Crippen LogP contribution in [0.3, 0.4) is 0 Å². The van der Waals surface area contributed by atoms with Crippen molar-refractivity contribution in [3.05, 3.63) is 37.1 Å². The fraction of sp³-hybridized carbons (Fsp3) is 0.400. The molecule has 2 aromatic rings. The van der Waals surface area contributed by atoms with Crippen LogP contribution in [0.25, 0.3) is 11.1 Å². The molecule has 1 aliphatic rings. The molecule has 0 spiro atoms. The van der Waals surface area contributed by atoms with Gasteiger partial charge in [-0.1, -0.05) is 0 Å². The molecule has 0 radical (unpaired) electrons. The predicted octanol–water partition coefficient (Wildman–Crippen LogP) is 2.59. The molecular formula is C20H21NO8S. The van der Waals surface area contributed by atoms with Gasteiger partial charge in [0.2, 0.25) is 0 Å². The van der Waals surface area contributed by atoms with E-state index < -0.39 is 41.7 Å². The van der Waals surface area contributed by atoms with Gasteiger partial charge in [0.05, 0.1) is 18.7 Å². The standard InChI is InChI=1S/C20H21NO8S/c1-11(22)26-17-10-30-20(19(28-13(3)24)18(17)27-12(2)23)29-16-6-15(7-21-8-16)14-4-5-25-9-14/h4-9,17-20H,10H2,1-3H3/t17-,18+,19-,20?/m1/s1. The number of thioether (sulfide) groups is 1. The minimum absolute atomic E-state index is 0.287. The monoisotopic (exact) mass is 435 g/mol. The first-order chi connectivity index (χ1) is 14.3. The van der Waals surface area contributed by atoms with Gasteiger partial charge in [0.1, 0.15) is 5.75 Å². The van der Waals surface area contributed by atoms with E-state index in [1.54, 1.807) is 30.9 Å². The average molecular weight is 435 g/mol. The summed E-state index contributed by atoms with van der Waals surface area (Å²) in [6.45, 7) is 3.72. The van der Waals surface area contributed by atoms with E-state index in [1.165, 1.54) is 38.7 Å². The molecule has 1 fully saturated rings.